The van der Waals surface area contributed by atoms with Gasteiger partial charge < -0.3 is 4.74 Å². The Balaban J connectivity index is 1.72. The van der Waals surface area contributed by atoms with Crippen LogP contribution in [0.15, 0.2) is 12.5 Å². The lowest BCUT2D eigenvalue weighted by Crippen LogP contribution is -2.35. The second-order valence-corrected chi connectivity index (χ2v) is 4.24. The molecule has 15 heavy (non-hydrogen) atoms. The Morgan fingerprint density at radius 1 is 1.27 bits per heavy atom. The van der Waals surface area contributed by atoms with Gasteiger partial charge in [0.15, 0.2) is 0 Å². The molecule has 3 rings (SSSR count). The van der Waals surface area contributed by atoms with Crippen LogP contribution in [0.3, 0.4) is 0 Å². The second-order valence-electron chi connectivity index (χ2n) is 4.24. The monoisotopic (exact) mass is 205 g/mol. The van der Waals surface area contributed by atoms with Crippen LogP contribution in [0.5, 0.6) is 0 Å². The van der Waals surface area contributed by atoms with Crippen molar-refractivity contribution in [1.29, 1.82) is 0 Å². The third-order valence-corrected chi connectivity index (χ3v) is 3.31. The Hall–Kier alpha value is -1.00. The molecule has 4 nitrogen and oxygen atoms in total. The smallest absolute Gasteiger partial charge is 0.115 e. The second kappa shape index (κ2) is 3.87. The lowest BCUT2D eigenvalue weighted by Gasteiger charge is -2.30. The summed E-state index contributed by atoms with van der Waals surface area (Å²) in [5.41, 5.74) is 2.50. The molecular formula is C11H15N3O. The van der Waals surface area contributed by atoms with E-state index in [-0.39, 0.29) is 0 Å². The molecule has 0 amide bonds. The molecule has 0 saturated carbocycles. The summed E-state index contributed by atoms with van der Waals surface area (Å²) in [4.78, 5) is 10.9. The lowest BCUT2D eigenvalue weighted by molar-refractivity contribution is 0.0324. The van der Waals surface area contributed by atoms with E-state index in [2.05, 4.69) is 14.9 Å². The topological polar surface area (TPSA) is 38.2 Å². The molecule has 0 aliphatic carbocycles. The molecule has 0 bridgehead atoms. The van der Waals surface area contributed by atoms with Crippen LogP contribution < -0.4 is 0 Å². The Kier molecular flexibility index (Phi) is 2.38. The summed E-state index contributed by atoms with van der Waals surface area (Å²) in [6, 6.07) is 0.674. The number of rotatable bonds is 1. The summed E-state index contributed by atoms with van der Waals surface area (Å²) in [6.07, 6.45) is 5.90. The van der Waals surface area contributed by atoms with Gasteiger partial charge in [0.1, 0.15) is 6.33 Å². The summed E-state index contributed by atoms with van der Waals surface area (Å²) in [7, 11) is 0. The van der Waals surface area contributed by atoms with Gasteiger partial charge in [0.05, 0.1) is 5.69 Å². The molecule has 1 aromatic rings. The Morgan fingerprint density at radius 2 is 2.13 bits per heavy atom. The standard InChI is InChI=1S/C11H15N3O/c1-3-15-4-2-10(1)14-6-9-5-12-8-13-11(9)7-14/h5,8,10H,1-4,6-7H2. The third-order valence-electron chi connectivity index (χ3n) is 3.31. The van der Waals surface area contributed by atoms with Crippen LogP contribution in [-0.4, -0.2) is 34.1 Å². The van der Waals surface area contributed by atoms with Gasteiger partial charge in [-0.25, -0.2) is 9.97 Å². The highest BCUT2D eigenvalue weighted by atomic mass is 16.5. The SMILES string of the molecule is c1ncc2c(n1)CN(C1CCOCC1)C2. The minimum atomic E-state index is 0.674. The van der Waals surface area contributed by atoms with E-state index in [1.807, 2.05) is 6.20 Å². The molecule has 4 heteroatoms. The number of fused-ring (bicyclic) bond motifs is 1. The predicted octanol–water partition coefficient (Wildman–Crippen LogP) is 0.971. The van der Waals surface area contributed by atoms with E-state index in [9.17, 15) is 0 Å². The van der Waals surface area contributed by atoms with E-state index in [1.54, 1.807) is 6.33 Å². The quantitative estimate of drug-likeness (QED) is 0.684. The van der Waals surface area contributed by atoms with E-state index in [0.717, 1.165) is 39.1 Å². The minimum absolute atomic E-state index is 0.674. The molecule has 0 unspecified atom stereocenters. The van der Waals surface area contributed by atoms with Crippen molar-refractivity contribution >= 4 is 0 Å². The van der Waals surface area contributed by atoms with Crippen LogP contribution in [-0.2, 0) is 17.8 Å². The van der Waals surface area contributed by atoms with Gasteiger partial charge in [-0.3, -0.25) is 4.90 Å². The highest BCUT2D eigenvalue weighted by molar-refractivity contribution is 5.20. The average molecular weight is 205 g/mol. The molecule has 3 heterocycles. The average Bonchev–Trinajstić information content (AvgIpc) is 2.74. The third kappa shape index (κ3) is 1.75. The van der Waals surface area contributed by atoms with Gasteiger partial charge in [-0.2, -0.15) is 0 Å². The van der Waals surface area contributed by atoms with E-state index < -0.39 is 0 Å². The van der Waals surface area contributed by atoms with E-state index >= 15 is 0 Å². The van der Waals surface area contributed by atoms with E-state index in [4.69, 9.17) is 4.74 Å². The van der Waals surface area contributed by atoms with Crippen molar-refractivity contribution in [3.63, 3.8) is 0 Å². The van der Waals surface area contributed by atoms with Crippen molar-refractivity contribution in [2.75, 3.05) is 13.2 Å². The van der Waals surface area contributed by atoms with Crippen LogP contribution in [0.2, 0.25) is 0 Å². The first-order chi connectivity index (χ1) is 7.43. The zero-order chi connectivity index (χ0) is 10.1. The summed E-state index contributed by atoms with van der Waals surface area (Å²) >= 11 is 0. The largest absolute Gasteiger partial charge is 0.381 e. The van der Waals surface area contributed by atoms with Crippen LogP contribution in [0.4, 0.5) is 0 Å². The summed E-state index contributed by atoms with van der Waals surface area (Å²) in [6.45, 7) is 3.82. The van der Waals surface area contributed by atoms with Gasteiger partial charge in [0.2, 0.25) is 0 Å². The van der Waals surface area contributed by atoms with E-state index in [0.29, 0.717) is 6.04 Å². The molecule has 2 aliphatic rings. The summed E-state index contributed by atoms with van der Waals surface area (Å²) in [5.74, 6) is 0. The zero-order valence-corrected chi connectivity index (χ0v) is 8.72. The molecule has 0 spiro atoms. The van der Waals surface area contributed by atoms with Crippen molar-refractivity contribution in [1.82, 2.24) is 14.9 Å². The van der Waals surface area contributed by atoms with Gasteiger partial charge in [0.25, 0.3) is 0 Å². The maximum atomic E-state index is 5.38. The molecule has 80 valence electrons. The summed E-state index contributed by atoms with van der Waals surface area (Å²) in [5, 5.41) is 0. The number of nitrogens with zero attached hydrogens (tertiary/aromatic N) is 3. The first kappa shape index (κ1) is 9.24. The molecule has 0 N–H and O–H groups in total. The van der Waals surface area contributed by atoms with E-state index in [1.165, 1.54) is 11.3 Å². The fraction of sp³-hybridized carbons (Fsp3) is 0.636. The van der Waals surface area contributed by atoms with Gasteiger partial charge >= 0.3 is 0 Å². The zero-order valence-electron chi connectivity index (χ0n) is 8.72. The molecule has 2 aliphatic heterocycles. The normalized spacial score (nSPS) is 22.9. The first-order valence-electron chi connectivity index (χ1n) is 5.53. The van der Waals surface area contributed by atoms with Crippen LogP contribution in [0.1, 0.15) is 24.1 Å². The highest BCUT2D eigenvalue weighted by Gasteiger charge is 2.27. The van der Waals surface area contributed by atoms with Crippen molar-refractivity contribution in [2.24, 2.45) is 0 Å². The number of ether oxygens (including phenoxy) is 1. The first-order valence-corrected chi connectivity index (χ1v) is 5.53. The molecule has 1 fully saturated rings. The predicted molar refractivity (Wildman–Crippen MR) is 55.1 cm³/mol. The number of aromatic nitrogens is 2. The van der Waals surface area contributed by atoms with Crippen LogP contribution >= 0.6 is 0 Å². The van der Waals surface area contributed by atoms with Gasteiger partial charge in [-0.15, -0.1) is 0 Å². The Bertz CT molecular complexity index is 324. The number of hydrogen-bond donors (Lipinski definition) is 0. The Morgan fingerprint density at radius 3 is 2.93 bits per heavy atom. The molecule has 0 aromatic carbocycles. The van der Waals surface area contributed by atoms with Crippen molar-refractivity contribution < 1.29 is 4.74 Å². The fourth-order valence-electron chi connectivity index (χ4n) is 2.43. The van der Waals surface area contributed by atoms with Crippen LogP contribution in [0.25, 0.3) is 0 Å². The Labute approximate surface area is 89.3 Å². The van der Waals surface area contributed by atoms with Crippen molar-refractivity contribution in [2.45, 2.75) is 32.0 Å². The van der Waals surface area contributed by atoms with Crippen LogP contribution in [0, 0.1) is 0 Å². The molecule has 0 radical (unpaired) electrons. The molecule has 0 atom stereocenters. The number of hydrogen-bond acceptors (Lipinski definition) is 4. The van der Waals surface area contributed by atoms with Gasteiger partial charge in [-0.05, 0) is 12.8 Å². The van der Waals surface area contributed by atoms with Crippen molar-refractivity contribution in [3.8, 4) is 0 Å². The molecule has 1 aromatic heterocycles. The maximum absolute atomic E-state index is 5.38. The fourth-order valence-corrected chi connectivity index (χ4v) is 2.43. The minimum Gasteiger partial charge on any atom is -0.381 e. The van der Waals surface area contributed by atoms with Gasteiger partial charge in [0, 0.05) is 44.1 Å². The van der Waals surface area contributed by atoms with Gasteiger partial charge in [-0.1, -0.05) is 0 Å². The highest BCUT2D eigenvalue weighted by Crippen LogP contribution is 2.25. The lowest BCUT2D eigenvalue weighted by atomic mass is 10.1. The molecule has 1 saturated heterocycles. The summed E-state index contributed by atoms with van der Waals surface area (Å²) < 4.78 is 5.38. The van der Waals surface area contributed by atoms with Crippen molar-refractivity contribution in [3.05, 3.63) is 23.8 Å². The molecular weight excluding hydrogens is 190 g/mol. The maximum Gasteiger partial charge on any atom is 0.115 e.